The molecule has 1 aromatic rings. The predicted molar refractivity (Wildman–Crippen MR) is 66.2 cm³/mol. The summed E-state index contributed by atoms with van der Waals surface area (Å²) in [5.74, 6) is 0.963. The maximum absolute atomic E-state index is 5.65. The van der Waals surface area contributed by atoms with E-state index in [2.05, 4.69) is 33.9 Å². The van der Waals surface area contributed by atoms with Crippen molar-refractivity contribution in [2.45, 2.75) is 6.92 Å². The normalized spacial score (nSPS) is 10.0. The minimum Gasteiger partial charge on any atom is -0.487 e. The smallest absolute Gasteiger partial charge is 0.137 e. The molecule has 0 aliphatic carbocycles. The number of rotatable bonds is 6. The zero-order valence-corrected chi connectivity index (χ0v) is 10.6. The second kappa shape index (κ2) is 6.64. The minimum absolute atomic E-state index is 0.732. The Bertz CT molecular complexity index is 325. The summed E-state index contributed by atoms with van der Waals surface area (Å²) in [6.45, 7) is 8.35. The van der Waals surface area contributed by atoms with Crippen LogP contribution in [-0.4, -0.2) is 19.7 Å². The van der Waals surface area contributed by atoms with E-state index in [4.69, 9.17) is 4.74 Å². The van der Waals surface area contributed by atoms with Gasteiger partial charge < -0.3 is 10.1 Å². The maximum Gasteiger partial charge on any atom is 0.137 e. The van der Waals surface area contributed by atoms with Gasteiger partial charge in [-0.25, -0.2) is 0 Å². The molecule has 0 spiro atoms. The molecule has 0 saturated carbocycles. The van der Waals surface area contributed by atoms with Gasteiger partial charge in [-0.05, 0) is 36.8 Å². The van der Waals surface area contributed by atoms with Crippen molar-refractivity contribution in [3.8, 4) is 5.75 Å². The average molecular weight is 271 g/mol. The molecular weight excluding hydrogens is 254 g/mol. The van der Waals surface area contributed by atoms with Gasteiger partial charge in [0.05, 0.1) is 6.54 Å². The van der Waals surface area contributed by atoms with Crippen LogP contribution in [0.4, 0.5) is 0 Å². The lowest BCUT2D eigenvalue weighted by Crippen LogP contribution is -2.85. The van der Waals surface area contributed by atoms with Crippen molar-refractivity contribution in [3.05, 3.63) is 40.9 Å². The third-order valence-corrected chi connectivity index (χ3v) is 2.54. The van der Waals surface area contributed by atoms with E-state index in [9.17, 15) is 0 Å². The van der Waals surface area contributed by atoms with Gasteiger partial charge in [0.2, 0.25) is 0 Å². The molecule has 0 fully saturated rings. The van der Waals surface area contributed by atoms with Gasteiger partial charge in [0.1, 0.15) is 18.9 Å². The second-order valence-corrected chi connectivity index (χ2v) is 4.28. The van der Waals surface area contributed by atoms with E-state index < -0.39 is 0 Å². The van der Waals surface area contributed by atoms with E-state index in [1.165, 1.54) is 0 Å². The van der Waals surface area contributed by atoms with Crippen LogP contribution >= 0.6 is 15.9 Å². The number of nitrogens with two attached hydrogens (primary N) is 1. The van der Waals surface area contributed by atoms with E-state index in [1.54, 1.807) is 0 Å². The van der Waals surface area contributed by atoms with E-state index in [0.29, 0.717) is 0 Å². The first-order valence-electron chi connectivity index (χ1n) is 5.05. The van der Waals surface area contributed by atoms with Crippen LogP contribution in [0, 0.1) is 6.92 Å². The molecule has 0 aliphatic rings. The summed E-state index contributed by atoms with van der Waals surface area (Å²) in [4.78, 5) is 0. The van der Waals surface area contributed by atoms with Crippen LogP contribution in [0.5, 0.6) is 5.75 Å². The molecule has 0 unspecified atom stereocenters. The van der Waals surface area contributed by atoms with Crippen LogP contribution in [0.1, 0.15) is 5.56 Å². The Morgan fingerprint density at radius 2 is 2.33 bits per heavy atom. The van der Waals surface area contributed by atoms with Crippen LogP contribution in [-0.2, 0) is 0 Å². The van der Waals surface area contributed by atoms with Gasteiger partial charge in [0, 0.05) is 4.47 Å². The van der Waals surface area contributed by atoms with Gasteiger partial charge in [-0.1, -0.05) is 22.5 Å². The molecule has 0 aromatic heterocycles. The summed E-state index contributed by atoms with van der Waals surface area (Å²) in [5, 5.41) is 2.17. The summed E-state index contributed by atoms with van der Waals surface area (Å²) >= 11 is 3.43. The molecule has 0 amide bonds. The molecule has 82 valence electrons. The molecule has 2 nitrogen and oxygen atoms in total. The summed E-state index contributed by atoms with van der Waals surface area (Å²) in [5.41, 5.74) is 1.16. The number of hydrogen-bond acceptors (Lipinski definition) is 1. The van der Waals surface area contributed by atoms with Crippen LogP contribution in [0.2, 0.25) is 0 Å². The lowest BCUT2D eigenvalue weighted by Gasteiger charge is -2.08. The first-order valence-corrected chi connectivity index (χ1v) is 5.85. The summed E-state index contributed by atoms with van der Waals surface area (Å²) in [6, 6.07) is 6.05. The average Bonchev–Trinajstić information content (AvgIpc) is 2.20. The third kappa shape index (κ3) is 4.49. The molecule has 0 aliphatic heterocycles. The quantitative estimate of drug-likeness (QED) is 0.620. The number of aryl methyl sites for hydroxylation is 1. The van der Waals surface area contributed by atoms with Crippen molar-refractivity contribution >= 4 is 15.9 Å². The van der Waals surface area contributed by atoms with Crippen molar-refractivity contribution < 1.29 is 10.1 Å². The van der Waals surface area contributed by atoms with E-state index in [1.807, 2.05) is 25.1 Å². The zero-order chi connectivity index (χ0) is 11.1. The van der Waals surface area contributed by atoms with Gasteiger partial charge in [-0.15, -0.1) is 0 Å². The number of benzene rings is 1. The highest BCUT2D eigenvalue weighted by molar-refractivity contribution is 9.10. The molecule has 0 saturated heterocycles. The highest BCUT2D eigenvalue weighted by Gasteiger charge is 1.99. The van der Waals surface area contributed by atoms with E-state index >= 15 is 0 Å². The Morgan fingerprint density at radius 3 is 3.00 bits per heavy atom. The summed E-state index contributed by atoms with van der Waals surface area (Å²) in [6.07, 6.45) is 1.89. The summed E-state index contributed by atoms with van der Waals surface area (Å²) < 4.78 is 6.74. The van der Waals surface area contributed by atoms with Crippen molar-refractivity contribution in [2.24, 2.45) is 0 Å². The Kier molecular flexibility index (Phi) is 5.43. The lowest BCUT2D eigenvalue weighted by molar-refractivity contribution is -0.646. The van der Waals surface area contributed by atoms with Crippen LogP contribution in [0.25, 0.3) is 0 Å². The second-order valence-electron chi connectivity index (χ2n) is 3.36. The molecule has 1 aromatic carbocycles. The Morgan fingerprint density at radius 1 is 1.53 bits per heavy atom. The SMILES string of the molecule is C=CC[NH2+]CCOc1ccc(Br)cc1C. The first-order chi connectivity index (χ1) is 7.24. The van der Waals surface area contributed by atoms with Crippen LogP contribution in [0.3, 0.4) is 0 Å². The Hall–Kier alpha value is -0.800. The molecular formula is C12H17BrNO+. The number of ether oxygens (including phenoxy) is 1. The number of hydrogen-bond donors (Lipinski definition) is 1. The highest BCUT2D eigenvalue weighted by atomic mass is 79.9. The molecule has 3 heteroatoms. The van der Waals surface area contributed by atoms with Gasteiger partial charge in [-0.3, -0.25) is 0 Å². The lowest BCUT2D eigenvalue weighted by atomic mass is 10.2. The summed E-state index contributed by atoms with van der Waals surface area (Å²) in [7, 11) is 0. The van der Waals surface area contributed by atoms with Gasteiger partial charge in [-0.2, -0.15) is 0 Å². The van der Waals surface area contributed by atoms with Crippen molar-refractivity contribution in [1.29, 1.82) is 0 Å². The van der Waals surface area contributed by atoms with Crippen LogP contribution < -0.4 is 10.1 Å². The topological polar surface area (TPSA) is 25.8 Å². The molecule has 2 N–H and O–H groups in total. The molecule has 0 bridgehead atoms. The third-order valence-electron chi connectivity index (χ3n) is 2.05. The molecule has 0 radical (unpaired) electrons. The van der Waals surface area contributed by atoms with Gasteiger partial charge in [0.15, 0.2) is 0 Å². The Balaban J connectivity index is 2.34. The molecule has 1 rings (SSSR count). The standard InChI is InChI=1S/C12H16BrNO/c1-3-6-14-7-8-15-12-5-4-11(13)9-10(12)2/h3-5,9,14H,1,6-8H2,2H3/p+1. The van der Waals surface area contributed by atoms with Crippen molar-refractivity contribution in [3.63, 3.8) is 0 Å². The van der Waals surface area contributed by atoms with Gasteiger partial charge >= 0.3 is 0 Å². The molecule has 0 heterocycles. The Labute approximate surface area is 99.5 Å². The largest absolute Gasteiger partial charge is 0.487 e. The first kappa shape index (κ1) is 12.3. The fourth-order valence-corrected chi connectivity index (χ4v) is 1.74. The monoisotopic (exact) mass is 270 g/mol. The van der Waals surface area contributed by atoms with E-state index in [-0.39, 0.29) is 0 Å². The minimum atomic E-state index is 0.732. The molecule has 0 atom stereocenters. The van der Waals surface area contributed by atoms with Crippen molar-refractivity contribution in [2.75, 3.05) is 19.7 Å². The number of quaternary nitrogens is 1. The predicted octanol–water partition coefficient (Wildman–Crippen LogP) is 1.89. The van der Waals surface area contributed by atoms with Gasteiger partial charge in [0.25, 0.3) is 0 Å². The number of halogens is 1. The maximum atomic E-state index is 5.65. The highest BCUT2D eigenvalue weighted by Crippen LogP contribution is 2.21. The van der Waals surface area contributed by atoms with Crippen LogP contribution in [0.15, 0.2) is 35.3 Å². The van der Waals surface area contributed by atoms with Crippen molar-refractivity contribution in [1.82, 2.24) is 0 Å². The fraction of sp³-hybridized carbons (Fsp3) is 0.333. The fourth-order valence-electron chi connectivity index (χ4n) is 1.26. The molecule has 15 heavy (non-hydrogen) atoms. The van der Waals surface area contributed by atoms with E-state index in [0.717, 1.165) is 35.5 Å². The zero-order valence-electron chi connectivity index (χ0n) is 9.00.